The van der Waals surface area contributed by atoms with Crippen LogP contribution in [0.15, 0.2) is 23.4 Å². The second-order valence-corrected chi connectivity index (χ2v) is 4.80. The van der Waals surface area contributed by atoms with Gasteiger partial charge in [0.05, 0.1) is 11.6 Å². The summed E-state index contributed by atoms with van der Waals surface area (Å²) in [6.45, 7) is 0. The molecule has 1 aromatic rings. The zero-order chi connectivity index (χ0) is 10.5. The molecule has 3 N–H and O–H groups in total. The van der Waals surface area contributed by atoms with Crippen molar-refractivity contribution in [1.29, 1.82) is 0 Å². The van der Waals surface area contributed by atoms with E-state index in [-0.39, 0.29) is 6.04 Å². The SMILES string of the molecule is NNC(C1=CCCCCC1)c1cncs1. The molecular formula is C11H17N3S. The summed E-state index contributed by atoms with van der Waals surface area (Å²) in [6.07, 6.45) is 10.5. The number of nitrogens with zero attached hydrogens (tertiary/aromatic N) is 1. The lowest BCUT2D eigenvalue weighted by Gasteiger charge is -2.17. The standard InChI is InChI=1S/C11H17N3S/c12-14-11(10-7-13-8-15-10)9-5-3-1-2-4-6-9/h5,7-8,11,14H,1-4,6,12H2. The Morgan fingerprint density at radius 3 is 3.07 bits per heavy atom. The highest BCUT2D eigenvalue weighted by molar-refractivity contribution is 7.09. The molecule has 1 atom stereocenters. The maximum Gasteiger partial charge on any atom is 0.0795 e. The minimum absolute atomic E-state index is 0.176. The van der Waals surface area contributed by atoms with Crippen molar-refractivity contribution in [2.45, 2.75) is 38.1 Å². The minimum Gasteiger partial charge on any atom is -0.271 e. The van der Waals surface area contributed by atoms with Gasteiger partial charge in [-0.25, -0.2) is 5.43 Å². The van der Waals surface area contributed by atoms with Crippen molar-refractivity contribution in [1.82, 2.24) is 10.4 Å². The third-order valence-electron chi connectivity index (χ3n) is 2.85. The summed E-state index contributed by atoms with van der Waals surface area (Å²) >= 11 is 1.66. The number of nitrogens with two attached hydrogens (primary N) is 1. The fourth-order valence-electron chi connectivity index (χ4n) is 2.04. The van der Waals surface area contributed by atoms with E-state index >= 15 is 0 Å². The van der Waals surface area contributed by atoms with Gasteiger partial charge in [-0.1, -0.05) is 18.1 Å². The van der Waals surface area contributed by atoms with Crippen LogP contribution in [-0.2, 0) is 0 Å². The second-order valence-electron chi connectivity index (χ2n) is 3.88. The highest BCUT2D eigenvalue weighted by Gasteiger charge is 2.17. The number of thiazole rings is 1. The van der Waals surface area contributed by atoms with E-state index in [0.29, 0.717) is 0 Å². The van der Waals surface area contributed by atoms with Crippen LogP contribution in [0, 0.1) is 0 Å². The van der Waals surface area contributed by atoms with E-state index < -0.39 is 0 Å². The van der Waals surface area contributed by atoms with Gasteiger partial charge < -0.3 is 0 Å². The number of rotatable bonds is 3. The zero-order valence-corrected chi connectivity index (χ0v) is 9.59. The van der Waals surface area contributed by atoms with E-state index in [1.165, 1.54) is 36.1 Å². The zero-order valence-electron chi connectivity index (χ0n) is 8.78. The van der Waals surface area contributed by atoms with Crippen molar-refractivity contribution in [3.05, 3.63) is 28.2 Å². The number of hydrogen-bond acceptors (Lipinski definition) is 4. The number of hydrazine groups is 1. The Hall–Kier alpha value is -0.710. The number of aromatic nitrogens is 1. The molecule has 1 aromatic heterocycles. The van der Waals surface area contributed by atoms with Crippen molar-refractivity contribution in [2.75, 3.05) is 0 Å². The second kappa shape index (κ2) is 5.39. The molecular weight excluding hydrogens is 206 g/mol. The van der Waals surface area contributed by atoms with Crippen molar-refractivity contribution < 1.29 is 0 Å². The summed E-state index contributed by atoms with van der Waals surface area (Å²) in [5.74, 6) is 5.63. The van der Waals surface area contributed by atoms with Crippen LogP contribution in [0.5, 0.6) is 0 Å². The molecule has 0 amide bonds. The van der Waals surface area contributed by atoms with Gasteiger partial charge in [0.15, 0.2) is 0 Å². The molecule has 0 bridgehead atoms. The summed E-state index contributed by atoms with van der Waals surface area (Å²) in [6, 6.07) is 0.176. The molecule has 0 spiro atoms. The van der Waals surface area contributed by atoms with Gasteiger partial charge >= 0.3 is 0 Å². The molecule has 1 aliphatic rings. The Bertz CT molecular complexity index is 319. The van der Waals surface area contributed by atoms with Crippen molar-refractivity contribution in [3.8, 4) is 0 Å². The average Bonchev–Trinajstić information content (AvgIpc) is 2.63. The van der Waals surface area contributed by atoms with Crippen molar-refractivity contribution >= 4 is 11.3 Å². The van der Waals surface area contributed by atoms with E-state index in [9.17, 15) is 0 Å². The number of hydrogen-bond donors (Lipinski definition) is 2. The molecule has 2 rings (SSSR count). The van der Waals surface area contributed by atoms with Crippen molar-refractivity contribution in [2.24, 2.45) is 5.84 Å². The molecule has 0 aliphatic heterocycles. The maximum atomic E-state index is 5.63. The predicted molar refractivity (Wildman–Crippen MR) is 63.3 cm³/mol. The maximum absolute atomic E-state index is 5.63. The van der Waals surface area contributed by atoms with Crippen LogP contribution in [0.1, 0.15) is 43.0 Å². The van der Waals surface area contributed by atoms with E-state index in [1.807, 2.05) is 11.7 Å². The summed E-state index contributed by atoms with van der Waals surface area (Å²) in [4.78, 5) is 5.32. The fraction of sp³-hybridized carbons (Fsp3) is 0.545. The van der Waals surface area contributed by atoms with E-state index in [4.69, 9.17) is 5.84 Å². The molecule has 1 heterocycles. The third-order valence-corrected chi connectivity index (χ3v) is 3.69. The lowest BCUT2D eigenvalue weighted by atomic mass is 10.0. The lowest BCUT2D eigenvalue weighted by molar-refractivity contribution is 0.599. The van der Waals surface area contributed by atoms with Crippen LogP contribution in [0.25, 0.3) is 0 Å². The van der Waals surface area contributed by atoms with Gasteiger partial charge in [0.2, 0.25) is 0 Å². The van der Waals surface area contributed by atoms with Gasteiger partial charge in [-0.15, -0.1) is 11.3 Å². The van der Waals surface area contributed by atoms with E-state index in [1.54, 1.807) is 11.3 Å². The van der Waals surface area contributed by atoms with E-state index in [0.717, 1.165) is 6.42 Å². The lowest BCUT2D eigenvalue weighted by Crippen LogP contribution is -2.28. The van der Waals surface area contributed by atoms with E-state index in [2.05, 4.69) is 16.5 Å². The van der Waals surface area contributed by atoms with Gasteiger partial charge in [-0.3, -0.25) is 10.8 Å². The molecule has 0 saturated carbocycles. The van der Waals surface area contributed by atoms with Crippen LogP contribution < -0.4 is 11.3 Å². The molecule has 0 radical (unpaired) electrons. The normalized spacial score (nSPS) is 19.4. The first-order valence-corrected chi connectivity index (χ1v) is 6.33. The first-order chi connectivity index (χ1) is 7.42. The molecule has 0 saturated heterocycles. The summed E-state index contributed by atoms with van der Waals surface area (Å²) in [7, 11) is 0. The first kappa shape index (κ1) is 10.8. The molecule has 0 fully saturated rings. The summed E-state index contributed by atoms with van der Waals surface area (Å²) in [5, 5.41) is 0. The summed E-state index contributed by atoms with van der Waals surface area (Å²) < 4.78 is 0. The average molecular weight is 223 g/mol. The van der Waals surface area contributed by atoms with Gasteiger partial charge in [-0.05, 0) is 25.7 Å². The van der Waals surface area contributed by atoms with Gasteiger partial charge in [0.25, 0.3) is 0 Å². The van der Waals surface area contributed by atoms with Crippen LogP contribution in [0.4, 0.5) is 0 Å². The van der Waals surface area contributed by atoms with Crippen molar-refractivity contribution in [3.63, 3.8) is 0 Å². The first-order valence-electron chi connectivity index (χ1n) is 5.45. The molecule has 3 nitrogen and oxygen atoms in total. The molecule has 15 heavy (non-hydrogen) atoms. The predicted octanol–water partition coefficient (Wildman–Crippen LogP) is 2.54. The van der Waals surface area contributed by atoms with Gasteiger partial charge in [-0.2, -0.15) is 0 Å². The Balaban J connectivity index is 2.15. The highest BCUT2D eigenvalue weighted by Crippen LogP contribution is 2.30. The molecule has 1 aliphatic carbocycles. The van der Waals surface area contributed by atoms with Crippen LogP contribution in [0.3, 0.4) is 0 Å². The third kappa shape index (κ3) is 2.65. The number of allylic oxidation sites excluding steroid dienone is 1. The Morgan fingerprint density at radius 2 is 2.33 bits per heavy atom. The largest absolute Gasteiger partial charge is 0.271 e. The highest BCUT2D eigenvalue weighted by atomic mass is 32.1. The van der Waals surface area contributed by atoms with Crippen LogP contribution >= 0.6 is 11.3 Å². The summed E-state index contributed by atoms with van der Waals surface area (Å²) in [5.41, 5.74) is 6.19. The Kier molecular flexibility index (Phi) is 3.88. The quantitative estimate of drug-likeness (QED) is 0.470. The monoisotopic (exact) mass is 223 g/mol. The molecule has 82 valence electrons. The van der Waals surface area contributed by atoms with Gasteiger partial charge in [0, 0.05) is 11.1 Å². The fourth-order valence-corrected chi connectivity index (χ4v) is 2.76. The molecule has 4 heteroatoms. The Labute approximate surface area is 94.4 Å². The van der Waals surface area contributed by atoms with Crippen LogP contribution in [0.2, 0.25) is 0 Å². The number of nitrogens with one attached hydrogen (secondary N) is 1. The Morgan fingerprint density at radius 1 is 1.40 bits per heavy atom. The molecule has 0 aromatic carbocycles. The smallest absolute Gasteiger partial charge is 0.0795 e. The minimum atomic E-state index is 0.176. The van der Waals surface area contributed by atoms with Gasteiger partial charge in [0.1, 0.15) is 0 Å². The van der Waals surface area contributed by atoms with Crippen LogP contribution in [-0.4, -0.2) is 4.98 Å². The molecule has 1 unspecified atom stereocenters. The topological polar surface area (TPSA) is 50.9 Å².